The molecule has 0 heterocycles. The highest BCUT2D eigenvalue weighted by Gasteiger charge is 2.36. The normalized spacial score (nSPS) is 11.6. The van der Waals surface area contributed by atoms with Crippen molar-refractivity contribution < 1.29 is 9.59 Å². The number of halogens is 1. The molecule has 150 valence electrons. The maximum absolute atomic E-state index is 13.4. The third-order valence-electron chi connectivity index (χ3n) is 4.59. The summed E-state index contributed by atoms with van der Waals surface area (Å²) >= 11 is 6.20. The molecule has 0 spiro atoms. The number of amides is 2. The first-order chi connectivity index (χ1) is 13.1. The van der Waals surface area contributed by atoms with Gasteiger partial charge in [0.2, 0.25) is 0 Å². The lowest BCUT2D eigenvalue weighted by Gasteiger charge is -2.41. The minimum Gasteiger partial charge on any atom is -0.267 e. The van der Waals surface area contributed by atoms with Gasteiger partial charge >= 0.3 is 0 Å². The van der Waals surface area contributed by atoms with Gasteiger partial charge in [0, 0.05) is 16.7 Å². The summed E-state index contributed by atoms with van der Waals surface area (Å²) in [7, 11) is 0. The summed E-state index contributed by atoms with van der Waals surface area (Å²) < 4.78 is 0. The topological polar surface area (TPSA) is 40.6 Å². The molecule has 0 aliphatic rings. The SMILES string of the molecule is CCc1ccc(C(=O)N(C(=O)c2cc(C)cc(C)c2)N(CCl)C(C)(C)C)cc1. The average molecular weight is 401 g/mol. The van der Waals surface area contributed by atoms with Crippen molar-refractivity contribution in [2.45, 2.75) is 53.5 Å². The number of hydrogen-bond acceptors (Lipinski definition) is 3. The van der Waals surface area contributed by atoms with Crippen LogP contribution in [0.25, 0.3) is 0 Å². The monoisotopic (exact) mass is 400 g/mol. The zero-order valence-electron chi connectivity index (χ0n) is 17.5. The molecule has 0 aromatic heterocycles. The Hall–Kier alpha value is -2.17. The van der Waals surface area contributed by atoms with Gasteiger partial charge in [-0.05, 0) is 70.9 Å². The number of imide groups is 1. The second kappa shape index (κ2) is 8.89. The van der Waals surface area contributed by atoms with Gasteiger partial charge in [-0.1, -0.05) is 36.2 Å². The van der Waals surface area contributed by atoms with E-state index in [1.807, 2.05) is 52.8 Å². The van der Waals surface area contributed by atoms with E-state index in [1.54, 1.807) is 29.3 Å². The van der Waals surface area contributed by atoms with Gasteiger partial charge in [-0.15, -0.1) is 11.6 Å². The number of aryl methyl sites for hydroxylation is 3. The number of hydrogen-bond donors (Lipinski definition) is 0. The van der Waals surface area contributed by atoms with E-state index in [9.17, 15) is 9.59 Å². The molecule has 0 saturated heterocycles. The zero-order valence-corrected chi connectivity index (χ0v) is 18.3. The number of carbonyl (C=O) groups excluding carboxylic acids is 2. The maximum atomic E-state index is 13.4. The van der Waals surface area contributed by atoms with Crippen LogP contribution in [-0.4, -0.2) is 33.4 Å². The van der Waals surface area contributed by atoms with Gasteiger partial charge in [-0.3, -0.25) is 9.59 Å². The number of carbonyl (C=O) groups is 2. The maximum Gasteiger partial charge on any atom is 0.275 e. The van der Waals surface area contributed by atoms with Gasteiger partial charge in [0.15, 0.2) is 0 Å². The van der Waals surface area contributed by atoms with Crippen molar-refractivity contribution in [3.8, 4) is 0 Å². The van der Waals surface area contributed by atoms with Crippen LogP contribution in [0.5, 0.6) is 0 Å². The first-order valence-electron chi connectivity index (χ1n) is 9.48. The third kappa shape index (κ3) is 5.00. The molecule has 0 saturated carbocycles. The molecule has 0 bridgehead atoms. The Labute approximate surface area is 173 Å². The molecule has 4 nitrogen and oxygen atoms in total. The number of nitrogens with zero attached hydrogens (tertiary/aromatic N) is 2. The summed E-state index contributed by atoms with van der Waals surface area (Å²) in [6, 6.07) is 12.9. The van der Waals surface area contributed by atoms with Crippen molar-refractivity contribution >= 4 is 23.4 Å². The first kappa shape index (κ1) is 22.1. The summed E-state index contributed by atoms with van der Waals surface area (Å²) in [4.78, 5) is 26.8. The van der Waals surface area contributed by atoms with E-state index in [0.717, 1.165) is 23.1 Å². The molecular weight excluding hydrogens is 372 g/mol. The predicted octanol–water partition coefficient (Wildman–Crippen LogP) is 5.36. The van der Waals surface area contributed by atoms with Crippen LogP contribution in [0.3, 0.4) is 0 Å². The Morgan fingerprint density at radius 2 is 1.39 bits per heavy atom. The van der Waals surface area contributed by atoms with Crippen LogP contribution in [0.2, 0.25) is 0 Å². The van der Waals surface area contributed by atoms with Crippen LogP contribution in [0.15, 0.2) is 42.5 Å². The number of hydrazine groups is 1. The van der Waals surface area contributed by atoms with Crippen LogP contribution in [0.1, 0.15) is 65.1 Å². The van der Waals surface area contributed by atoms with Crippen LogP contribution in [0, 0.1) is 13.8 Å². The van der Waals surface area contributed by atoms with Crippen LogP contribution < -0.4 is 0 Å². The van der Waals surface area contributed by atoms with E-state index in [-0.39, 0.29) is 17.8 Å². The molecular formula is C23H29ClN2O2. The Morgan fingerprint density at radius 1 is 0.893 bits per heavy atom. The van der Waals surface area contributed by atoms with E-state index in [2.05, 4.69) is 6.92 Å². The number of benzene rings is 2. The lowest BCUT2D eigenvalue weighted by molar-refractivity contribution is -0.0356. The third-order valence-corrected chi connectivity index (χ3v) is 4.82. The summed E-state index contributed by atoms with van der Waals surface area (Å²) in [5.74, 6) is -0.769. The largest absolute Gasteiger partial charge is 0.275 e. The zero-order chi connectivity index (χ0) is 21.1. The summed E-state index contributed by atoms with van der Waals surface area (Å²) in [5, 5.41) is 2.78. The minimum atomic E-state index is -0.519. The second-order valence-electron chi connectivity index (χ2n) is 8.04. The Balaban J connectivity index is 2.54. The molecule has 2 amide bonds. The molecule has 2 aromatic rings. The number of rotatable bonds is 5. The fourth-order valence-corrected chi connectivity index (χ4v) is 3.54. The van der Waals surface area contributed by atoms with E-state index in [0.29, 0.717) is 11.1 Å². The highest BCUT2D eigenvalue weighted by molar-refractivity contribution is 6.18. The molecule has 0 radical (unpaired) electrons. The smallest absolute Gasteiger partial charge is 0.267 e. The summed E-state index contributed by atoms with van der Waals surface area (Å²) in [5.41, 5.74) is 3.47. The number of alkyl halides is 1. The fraction of sp³-hybridized carbons (Fsp3) is 0.391. The molecule has 0 N–H and O–H groups in total. The molecule has 2 aromatic carbocycles. The quantitative estimate of drug-likeness (QED) is 0.293. The molecule has 28 heavy (non-hydrogen) atoms. The molecule has 0 aliphatic heterocycles. The highest BCUT2D eigenvalue weighted by atomic mass is 35.5. The Kier molecular flexibility index (Phi) is 7.02. The van der Waals surface area contributed by atoms with Crippen LogP contribution in [0.4, 0.5) is 0 Å². The van der Waals surface area contributed by atoms with Gasteiger partial charge < -0.3 is 0 Å². The van der Waals surface area contributed by atoms with Crippen molar-refractivity contribution in [1.29, 1.82) is 0 Å². The highest BCUT2D eigenvalue weighted by Crippen LogP contribution is 2.23. The predicted molar refractivity (Wildman–Crippen MR) is 115 cm³/mol. The first-order valence-corrected chi connectivity index (χ1v) is 10.0. The Morgan fingerprint density at radius 3 is 1.82 bits per heavy atom. The van der Waals surface area contributed by atoms with E-state index in [1.165, 1.54) is 5.01 Å². The van der Waals surface area contributed by atoms with Crippen molar-refractivity contribution in [3.05, 3.63) is 70.3 Å². The van der Waals surface area contributed by atoms with Gasteiger partial charge in [0.05, 0.1) is 6.00 Å². The van der Waals surface area contributed by atoms with Crippen molar-refractivity contribution in [2.75, 3.05) is 6.00 Å². The van der Waals surface area contributed by atoms with Gasteiger partial charge in [0.1, 0.15) is 0 Å². The van der Waals surface area contributed by atoms with E-state index >= 15 is 0 Å². The standard InChI is InChI=1S/C23H29ClN2O2/c1-7-18-8-10-19(11-9-18)21(27)26(25(15-24)23(4,5)6)22(28)20-13-16(2)12-17(3)14-20/h8-14H,7,15H2,1-6H3. The molecule has 0 fully saturated rings. The van der Waals surface area contributed by atoms with Crippen molar-refractivity contribution in [1.82, 2.24) is 10.0 Å². The van der Waals surface area contributed by atoms with E-state index in [4.69, 9.17) is 11.6 Å². The van der Waals surface area contributed by atoms with Crippen LogP contribution in [-0.2, 0) is 6.42 Å². The van der Waals surface area contributed by atoms with Gasteiger partial charge in [0.25, 0.3) is 11.8 Å². The summed E-state index contributed by atoms with van der Waals surface area (Å²) in [6.45, 7) is 11.7. The Bertz CT molecular complexity index is 834. The van der Waals surface area contributed by atoms with E-state index < -0.39 is 5.54 Å². The van der Waals surface area contributed by atoms with Crippen LogP contribution >= 0.6 is 11.6 Å². The molecule has 0 aliphatic carbocycles. The van der Waals surface area contributed by atoms with Gasteiger partial charge in [-0.25, -0.2) is 5.01 Å². The molecule has 0 atom stereocenters. The summed E-state index contributed by atoms with van der Waals surface area (Å²) in [6.07, 6.45) is 0.884. The van der Waals surface area contributed by atoms with Crippen molar-refractivity contribution in [3.63, 3.8) is 0 Å². The lowest BCUT2D eigenvalue weighted by Crippen LogP contribution is -2.57. The average Bonchev–Trinajstić information content (AvgIpc) is 2.63. The molecule has 0 unspecified atom stereocenters. The second-order valence-corrected chi connectivity index (χ2v) is 8.28. The molecule has 5 heteroatoms. The molecule has 2 rings (SSSR count). The fourth-order valence-electron chi connectivity index (χ4n) is 3.07. The van der Waals surface area contributed by atoms with Gasteiger partial charge in [-0.2, -0.15) is 5.01 Å². The lowest BCUT2D eigenvalue weighted by atomic mass is 10.0. The van der Waals surface area contributed by atoms with Crippen molar-refractivity contribution in [2.24, 2.45) is 0 Å². The minimum absolute atomic E-state index is 0.0127.